The Hall–Kier alpha value is -1.36. The van der Waals surface area contributed by atoms with Crippen molar-refractivity contribution in [3.05, 3.63) is 18.2 Å². The molecule has 0 saturated heterocycles. The maximum absolute atomic E-state index is 5.52. The second kappa shape index (κ2) is 5.65. The van der Waals surface area contributed by atoms with E-state index in [2.05, 4.69) is 11.9 Å². The molecule has 0 radical (unpaired) electrons. The lowest BCUT2D eigenvalue weighted by Gasteiger charge is -2.25. The van der Waals surface area contributed by atoms with E-state index < -0.39 is 0 Å². The summed E-state index contributed by atoms with van der Waals surface area (Å²) in [4.78, 5) is 6.88. The molecule has 0 spiro atoms. The Morgan fingerprint density at radius 2 is 2.31 bits per heavy atom. The van der Waals surface area contributed by atoms with Gasteiger partial charge < -0.3 is 15.4 Å². The number of methoxy groups -OCH3 is 1. The van der Waals surface area contributed by atoms with E-state index in [1.807, 2.05) is 30.1 Å². The maximum atomic E-state index is 5.52. The molecular formula is C11H17N3OS. The lowest BCUT2D eigenvalue weighted by atomic mass is 10.2. The van der Waals surface area contributed by atoms with E-state index in [1.165, 1.54) is 0 Å². The van der Waals surface area contributed by atoms with Crippen molar-refractivity contribution in [2.24, 2.45) is 5.73 Å². The maximum Gasteiger partial charge on any atom is 0.214 e. The molecule has 88 valence electrons. The average Bonchev–Trinajstić information content (AvgIpc) is 2.27. The summed E-state index contributed by atoms with van der Waals surface area (Å²) in [6.45, 7) is 2.06. The van der Waals surface area contributed by atoms with E-state index in [0.717, 1.165) is 5.82 Å². The highest BCUT2D eigenvalue weighted by Gasteiger charge is 2.12. The number of nitrogens with two attached hydrogens (primary N) is 1. The van der Waals surface area contributed by atoms with Gasteiger partial charge in [0, 0.05) is 25.6 Å². The van der Waals surface area contributed by atoms with E-state index in [4.69, 9.17) is 22.7 Å². The van der Waals surface area contributed by atoms with Crippen molar-refractivity contribution in [2.45, 2.75) is 19.4 Å². The first-order chi connectivity index (χ1) is 7.54. The second-order valence-corrected chi connectivity index (χ2v) is 4.19. The summed E-state index contributed by atoms with van der Waals surface area (Å²) in [5.74, 6) is 1.45. The van der Waals surface area contributed by atoms with Crippen molar-refractivity contribution in [1.29, 1.82) is 0 Å². The van der Waals surface area contributed by atoms with Crippen molar-refractivity contribution in [1.82, 2.24) is 4.98 Å². The smallest absolute Gasteiger partial charge is 0.214 e. The van der Waals surface area contributed by atoms with Crippen LogP contribution in [0.2, 0.25) is 0 Å². The molecule has 5 heteroatoms. The van der Waals surface area contributed by atoms with Crippen LogP contribution in [0.15, 0.2) is 18.2 Å². The predicted octanol–water partition coefficient (Wildman–Crippen LogP) is 1.59. The largest absolute Gasteiger partial charge is 0.481 e. The zero-order valence-electron chi connectivity index (χ0n) is 9.80. The molecule has 0 aromatic carbocycles. The van der Waals surface area contributed by atoms with Crippen LogP contribution in [0.4, 0.5) is 5.82 Å². The molecule has 0 bridgehead atoms. The highest BCUT2D eigenvalue weighted by Crippen LogP contribution is 2.17. The zero-order valence-corrected chi connectivity index (χ0v) is 10.6. The normalized spacial score (nSPS) is 11.9. The molecule has 0 saturated carbocycles. The van der Waals surface area contributed by atoms with Gasteiger partial charge in [-0.05, 0) is 13.0 Å². The number of rotatable bonds is 5. The van der Waals surface area contributed by atoms with E-state index in [0.29, 0.717) is 17.3 Å². The highest BCUT2D eigenvalue weighted by atomic mass is 32.1. The number of hydrogen-bond donors (Lipinski definition) is 1. The van der Waals surface area contributed by atoms with Crippen LogP contribution in [0.5, 0.6) is 5.88 Å². The molecule has 1 aromatic rings. The van der Waals surface area contributed by atoms with Crippen LogP contribution < -0.4 is 15.4 Å². The molecule has 4 nitrogen and oxygen atoms in total. The number of hydrogen-bond acceptors (Lipinski definition) is 4. The van der Waals surface area contributed by atoms with Gasteiger partial charge in [-0.25, -0.2) is 0 Å². The van der Waals surface area contributed by atoms with Crippen molar-refractivity contribution in [3.8, 4) is 5.88 Å². The predicted molar refractivity (Wildman–Crippen MR) is 70.1 cm³/mol. The first-order valence-corrected chi connectivity index (χ1v) is 5.47. The minimum Gasteiger partial charge on any atom is -0.481 e. The third-order valence-corrected chi connectivity index (χ3v) is 2.60. The fraction of sp³-hybridized carbons (Fsp3) is 0.455. The number of pyridine rings is 1. The Morgan fingerprint density at radius 1 is 1.62 bits per heavy atom. The molecule has 0 fully saturated rings. The van der Waals surface area contributed by atoms with Gasteiger partial charge in [0.15, 0.2) is 0 Å². The minimum atomic E-state index is 0.220. The third-order valence-electron chi connectivity index (χ3n) is 2.44. The summed E-state index contributed by atoms with van der Waals surface area (Å²) in [6.07, 6.45) is 0.671. The molecule has 1 rings (SSSR count). The van der Waals surface area contributed by atoms with E-state index in [1.54, 1.807) is 7.11 Å². The van der Waals surface area contributed by atoms with Gasteiger partial charge >= 0.3 is 0 Å². The van der Waals surface area contributed by atoms with Gasteiger partial charge in [0.2, 0.25) is 5.88 Å². The molecular weight excluding hydrogens is 222 g/mol. The van der Waals surface area contributed by atoms with Crippen molar-refractivity contribution in [3.63, 3.8) is 0 Å². The van der Waals surface area contributed by atoms with Gasteiger partial charge in [-0.15, -0.1) is 0 Å². The summed E-state index contributed by atoms with van der Waals surface area (Å²) in [7, 11) is 3.56. The molecule has 1 heterocycles. The van der Waals surface area contributed by atoms with E-state index >= 15 is 0 Å². The number of nitrogens with zero attached hydrogens (tertiary/aromatic N) is 2. The fourth-order valence-electron chi connectivity index (χ4n) is 1.37. The molecule has 1 unspecified atom stereocenters. The van der Waals surface area contributed by atoms with Crippen LogP contribution in [0.1, 0.15) is 13.3 Å². The Kier molecular flexibility index (Phi) is 4.49. The molecule has 0 aliphatic rings. The van der Waals surface area contributed by atoms with Gasteiger partial charge in [0.05, 0.1) is 12.1 Å². The highest BCUT2D eigenvalue weighted by molar-refractivity contribution is 7.80. The lowest BCUT2D eigenvalue weighted by molar-refractivity contribution is 0.397. The van der Waals surface area contributed by atoms with Gasteiger partial charge in [-0.2, -0.15) is 4.98 Å². The van der Waals surface area contributed by atoms with Crippen LogP contribution in [-0.4, -0.2) is 30.2 Å². The first kappa shape index (κ1) is 12.7. The van der Waals surface area contributed by atoms with Crippen LogP contribution in [0.25, 0.3) is 0 Å². The Morgan fingerprint density at radius 3 is 2.88 bits per heavy atom. The molecule has 16 heavy (non-hydrogen) atoms. The number of aromatic nitrogens is 1. The first-order valence-electron chi connectivity index (χ1n) is 5.06. The summed E-state index contributed by atoms with van der Waals surface area (Å²) in [5, 5.41) is 0. The monoisotopic (exact) mass is 239 g/mol. The van der Waals surface area contributed by atoms with Gasteiger partial charge in [0.1, 0.15) is 5.82 Å². The fourth-order valence-corrected chi connectivity index (χ4v) is 1.61. The van der Waals surface area contributed by atoms with Gasteiger partial charge in [-0.3, -0.25) is 0 Å². The topological polar surface area (TPSA) is 51.4 Å². The summed E-state index contributed by atoms with van der Waals surface area (Å²) in [6, 6.07) is 5.87. The summed E-state index contributed by atoms with van der Waals surface area (Å²) >= 11 is 4.90. The Balaban J connectivity index is 2.78. The third kappa shape index (κ3) is 3.34. The minimum absolute atomic E-state index is 0.220. The summed E-state index contributed by atoms with van der Waals surface area (Å²) < 4.78 is 5.08. The Labute approximate surface area is 101 Å². The van der Waals surface area contributed by atoms with E-state index in [-0.39, 0.29) is 6.04 Å². The lowest BCUT2D eigenvalue weighted by Crippen LogP contribution is -2.33. The quantitative estimate of drug-likeness (QED) is 0.791. The zero-order chi connectivity index (χ0) is 12.1. The number of anilines is 1. The number of ether oxygens (including phenoxy) is 1. The number of thiocarbonyl (C=S) groups is 1. The molecule has 0 amide bonds. The van der Waals surface area contributed by atoms with Gasteiger partial charge in [0.25, 0.3) is 0 Å². The molecule has 0 aliphatic carbocycles. The van der Waals surface area contributed by atoms with Crippen molar-refractivity contribution >= 4 is 23.0 Å². The molecule has 1 atom stereocenters. The van der Waals surface area contributed by atoms with Crippen molar-refractivity contribution in [2.75, 3.05) is 19.1 Å². The van der Waals surface area contributed by atoms with Crippen LogP contribution in [0.3, 0.4) is 0 Å². The average molecular weight is 239 g/mol. The second-order valence-electron chi connectivity index (χ2n) is 3.67. The van der Waals surface area contributed by atoms with E-state index in [9.17, 15) is 0 Å². The standard InChI is InChI=1S/C11H17N3OS/c1-8(7-9(12)16)14(2)10-5-4-6-11(13-10)15-3/h4-6,8H,7H2,1-3H3,(H2,12,16). The van der Waals surface area contributed by atoms with Gasteiger partial charge in [-0.1, -0.05) is 18.3 Å². The van der Waals surface area contributed by atoms with Crippen LogP contribution in [-0.2, 0) is 0 Å². The van der Waals surface area contributed by atoms with Crippen molar-refractivity contribution < 1.29 is 4.74 Å². The SMILES string of the molecule is COc1cccc(N(C)C(C)CC(N)=S)n1. The van der Waals surface area contributed by atoms with Crippen LogP contribution >= 0.6 is 12.2 Å². The summed E-state index contributed by atoms with van der Waals surface area (Å²) in [5.41, 5.74) is 5.52. The molecule has 1 aromatic heterocycles. The Bertz CT molecular complexity index is 370. The molecule has 0 aliphatic heterocycles. The molecule has 2 N–H and O–H groups in total. The van der Waals surface area contributed by atoms with Crippen LogP contribution in [0, 0.1) is 0 Å².